The van der Waals surface area contributed by atoms with E-state index in [0.29, 0.717) is 12.0 Å². The molecule has 1 aromatic rings. The highest BCUT2D eigenvalue weighted by Gasteiger charge is 2.25. The molecule has 6 heteroatoms. The fourth-order valence-electron chi connectivity index (χ4n) is 2.52. The van der Waals surface area contributed by atoms with Crippen LogP contribution in [0.4, 0.5) is 10.1 Å². The Bertz CT molecular complexity index is 501. The number of nitro benzene ring substituents is 1. The SMILES string of the molecule is C=CC[C@H](c1cc([N+](=O)[O-])ccc1F)N1CCNCC1. The number of benzene rings is 1. The molecule has 0 unspecified atom stereocenters. The zero-order chi connectivity index (χ0) is 14.5. The molecule has 20 heavy (non-hydrogen) atoms. The standard InChI is InChI=1S/C14H18FN3O2/c1-2-3-14(17-8-6-16-7-9-17)12-10-11(18(19)20)4-5-13(12)15/h2,4-5,10,14,16H,1,3,6-9H2/t14-/m1/s1. The molecule has 1 N–H and O–H groups in total. The minimum Gasteiger partial charge on any atom is -0.314 e. The molecule has 5 nitrogen and oxygen atoms in total. The number of nitrogens with zero attached hydrogens (tertiary/aromatic N) is 2. The maximum Gasteiger partial charge on any atom is 0.269 e. The molecule has 1 aliphatic rings. The van der Waals surface area contributed by atoms with Crippen molar-refractivity contribution in [1.29, 1.82) is 0 Å². The lowest BCUT2D eigenvalue weighted by molar-refractivity contribution is -0.385. The first-order chi connectivity index (χ1) is 9.63. The molecular weight excluding hydrogens is 261 g/mol. The van der Waals surface area contributed by atoms with Crippen LogP contribution in [-0.2, 0) is 0 Å². The van der Waals surface area contributed by atoms with Crippen LogP contribution in [0.15, 0.2) is 30.9 Å². The molecule has 1 aliphatic heterocycles. The molecule has 0 amide bonds. The molecule has 1 atom stereocenters. The molecule has 108 valence electrons. The van der Waals surface area contributed by atoms with Crippen molar-refractivity contribution in [3.05, 3.63) is 52.3 Å². The summed E-state index contributed by atoms with van der Waals surface area (Å²) in [6.07, 6.45) is 2.29. The molecule has 1 saturated heterocycles. The van der Waals surface area contributed by atoms with Crippen LogP contribution in [0.3, 0.4) is 0 Å². The molecule has 0 aromatic heterocycles. The lowest BCUT2D eigenvalue weighted by Crippen LogP contribution is -2.45. The van der Waals surface area contributed by atoms with E-state index >= 15 is 0 Å². The first kappa shape index (κ1) is 14.6. The van der Waals surface area contributed by atoms with Gasteiger partial charge in [-0.25, -0.2) is 4.39 Å². The number of piperazine rings is 1. The predicted molar refractivity (Wildman–Crippen MR) is 75.1 cm³/mol. The van der Waals surface area contributed by atoms with Gasteiger partial charge in [-0.15, -0.1) is 6.58 Å². The van der Waals surface area contributed by atoms with Gasteiger partial charge in [-0.2, -0.15) is 0 Å². The number of nitro groups is 1. The molecule has 0 saturated carbocycles. The number of hydrogen-bond acceptors (Lipinski definition) is 4. The quantitative estimate of drug-likeness (QED) is 0.510. The first-order valence-electron chi connectivity index (χ1n) is 6.63. The normalized spacial score (nSPS) is 17.6. The van der Waals surface area contributed by atoms with E-state index in [1.54, 1.807) is 6.08 Å². The van der Waals surface area contributed by atoms with Crippen LogP contribution in [0, 0.1) is 15.9 Å². The topological polar surface area (TPSA) is 58.4 Å². The number of rotatable bonds is 5. The van der Waals surface area contributed by atoms with Gasteiger partial charge in [-0.05, 0) is 12.5 Å². The molecule has 1 aromatic carbocycles. The summed E-state index contributed by atoms with van der Waals surface area (Å²) < 4.78 is 14.1. The molecule has 0 aliphatic carbocycles. The molecule has 1 fully saturated rings. The van der Waals surface area contributed by atoms with E-state index in [4.69, 9.17) is 0 Å². The van der Waals surface area contributed by atoms with Crippen molar-refractivity contribution < 1.29 is 9.31 Å². The van der Waals surface area contributed by atoms with Gasteiger partial charge in [0.1, 0.15) is 5.82 Å². The number of nitrogens with one attached hydrogen (secondary N) is 1. The summed E-state index contributed by atoms with van der Waals surface area (Å²) in [6, 6.07) is 3.51. The van der Waals surface area contributed by atoms with Gasteiger partial charge < -0.3 is 5.32 Å². The van der Waals surface area contributed by atoms with Crippen LogP contribution in [0.2, 0.25) is 0 Å². The van der Waals surface area contributed by atoms with E-state index in [1.165, 1.54) is 18.2 Å². The number of halogens is 1. The van der Waals surface area contributed by atoms with E-state index in [2.05, 4.69) is 16.8 Å². The molecule has 2 rings (SSSR count). The van der Waals surface area contributed by atoms with Crippen molar-refractivity contribution in [3.63, 3.8) is 0 Å². The summed E-state index contributed by atoms with van der Waals surface area (Å²) in [5.74, 6) is -0.402. The summed E-state index contributed by atoms with van der Waals surface area (Å²) in [5.41, 5.74) is 0.298. The smallest absolute Gasteiger partial charge is 0.269 e. The van der Waals surface area contributed by atoms with Gasteiger partial charge in [0.2, 0.25) is 0 Å². The van der Waals surface area contributed by atoms with E-state index in [1.807, 2.05) is 0 Å². The molecular formula is C14H18FN3O2. The van der Waals surface area contributed by atoms with Gasteiger partial charge in [0.15, 0.2) is 0 Å². The maximum absolute atomic E-state index is 14.1. The summed E-state index contributed by atoms with van der Waals surface area (Å²) in [5, 5.41) is 14.1. The van der Waals surface area contributed by atoms with E-state index < -0.39 is 10.7 Å². The van der Waals surface area contributed by atoms with Gasteiger partial charge in [-0.3, -0.25) is 15.0 Å². The van der Waals surface area contributed by atoms with Crippen molar-refractivity contribution in [3.8, 4) is 0 Å². The first-order valence-corrected chi connectivity index (χ1v) is 6.63. The van der Waals surface area contributed by atoms with Crippen LogP contribution >= 0.6 is 0 Å². The Morgan fingerprint density at radius 1 is 1.50 bits per heavy atom. The van der Waals surface area contributed by atoms with E-state index in [-0.39, 0.29) is 11.7 Å². The fraction of sp³-hybridized carbons (Fsp3) is 0.429. The monoisotopic (exact) mass is 279 g/mol. The van der Waals surface area contributed by atoms with Crippen molar-refractivity contribution in [2.45, 2.75) is 12.5 Å². The minimum atomic E-state index is -0.494. The zero-order valence-electron chi connectivity index (χ0n) is 11.2. The molecule has 1 heterocycles. The summed E-state index contributed by atoms with van der Waals surface area (Å²) in [4.78, 5) is 12.5. The molecule has 0 spiro atoms. The Morgan fingerprint density at radius 3 is 2.80 bits per heavy atom. The Hall–Kier alpha value is -1.79. The van der Waals surface area contributed by atoms with Crippen LogP contribution in [0.5, 0.6) is 0 Å². The Morgan fingerprint density at radius 2 is 2.20 bits per heavy atom. The second-order valence-electron chi connectivity index (χ2n) is 4.79. The fourth-order valence-corrected chi connectivity index (χ4v) is 2.52. The average Bonchev–Trinajstić information content (AvgIpc) is 2.46. The highest BCUT2D eigenvalue weighted by molar-refractivity contribution is 5.37. The van der Waals surface area contributed by atoms with Crippen LogP contribution in [0.1, 0.15) is 18.0 Å². The minimum absolute atomic E-state index is 0.0782. The van der Waals surface area contributed by atoms with Gasteiger partial charge in [0, 0.05) is 49.9 Å². The summed E-state index contributed by atoms with van der Waals surface area (Å²) >= 11 is 0. The maximum atomic E-state index is 14.1. The van der Waals surface area contributed by atoms with Crippen LogP contribution in [0.25, 0.3) is 0 Å². The largest absolute Gasteiger partial charge is 0.314 e. The molecule has 0 bridgehead atoms. The third kappa shape index (κ3) is 3.20. The van der Waals surface area contributed by atoms with Crippen LogP contribution < -0.4 is 5.32 Å². The molecule has 0 radical (unpaired) electrons. The zero-order valence-corrected chi connectivity index (χ0v) is 11.2. The highest BCUT2D eigenvalue weighted by atomic mass is 19.1. The van der Waals surface area contributed by atoms with Crippen molar-refractivity contribution in [2.75, 3.05) is 26.2 Å². The lowest BCUT2D eigenvalue weighted by atomic mass is 10.00. The lowest BCUT2D eigenvalue weighted by Gasteiger charge is -2.34. The number of hydrogen-bond donors (Lipinski definition) is 1. The number of non-ortho nitro benzene ring substituents is 1. The van der Waals surface area contributed by atoms with Crippen molar-refractivity contribution in [1.82, 2.24) is 10.2 Å². The van der Waals surface area contributed by atoms with Gasteiger partial charge in [-0.1, -0.05) is 6.08 Å². The average molecular weight is 279 g/mol. The summed E-state index contributed by atoms with van der Waals surface area (Å²) in [7, 11) is 0. The van der Waals surface area contributed by atoms with Crippen molar-refractivity contribution in [2.24, 2.45) is 0 Å². The van der Waals surface area contributed by atoms with E-state index in [0.717, 1.165) is 26.2 Å². The van der Waals surface area contributed by atoms with Gasteiger partial charge in [0.25, 0.3) is 5.69 Å². The summed E-state index contributed by atoms with van der Waals surface area (Å²) in [6.45, 7) is 6.97. The van der Waals surface area contributed by atoms with Crippen molar-refractivity contribution >= 4 is 5.69 Å². The predicted octanol–water partition coefficient (Wildman–Crippen LogP) is 2.26. The Labute approximate surface area is 117 Å². The third-order valence-corrected chi connectivity index (χ3v) is 3.53. The highest BCUT2D eigenvalue weighted by Crippen LogP contribution is 2.30. The second-order valence-corrected chi connectivity index (χ2v) is 4.79. The second kappa shape index (κ2) is 6.58. The van der Waals surface area contributed by atoms with Gasteiger partial charge >= 0.3 is 0 Å². The van der Waals surface area contributed by atoms with Crippen LogP contribution in [-0.4, -0.2) is 36.0 Å². The Kier molecular flexibility index (Phi) is 4.81. The Balaban J connectivity index is 2.34. The van der Waals surface area contributed by atoms with E-state index in [9.17, 15) is 14.5 Å². The van der Waals surface area contributed by atoms with Gasteiger partial charge in [0.05, 0.1) is 4.92 Å². The third-order valence-electron chi connectivity index (χ3n) is 3.53.